The van der Waals surface area contributed by atoms with Crippen LogP contribution in [-0.4, -0.2) is 19.9 Å². The summed E-state index contributed by atoms with van der Waals surface area (Å²) in [5.74, 6) is 1.27. The molecule has 2 rings (SSSR count). The number of hydrogen-bond donors (Lipinski definition) is 1. The number of aliphatic hydroxyl groups excluding tert-OH is 1. The third-order valence-corrected chi connectivity index (χ3v) is 2.95. The van der Waals surface area contributed by atoms with Gasteiger partial charge in [-0.15, -0.1) is 10.2 Å². The highest BCUT2D eigenvalue weighted by molar-refractivity contribution is 6.31. The summed E-state index contributed by atoms with van der Waals surface area (Å²) in [5, 5.41) is 17.7. The van der Waals surface area contributed by atoms with Crippen molar-refractivity contribution in [2.45, 2.75) is 13.5 Å². The molecule has 84 valence electrons. The number of aliphatic hydroxyl groups is 1. The topological polar surface area (TPSA) is 50.9 Å². The molecule has 0 bridgehead atoms. The first-order valence-electron chi connectivity index (χ1n) is 4.89. The Balaban J connectivity index is 2.50. The molecule has 2 aromatic rings. The lowest BCUT2D eigenvalue weighted by Gasteiger charge is -2.04. The second-order valence-electron chi connectivity index (χ2n) is 3.62. The molecular formula is C11H12ClN3O. The van der Waals surface area contributed by atoms with Crippen LogP contribution in [0, 0.1) is 6.92 Å². The molecule has 0 fully saturated rings. The van der Waals surface area contributed by atoms with Crippen LogP contribution in [0.15, 0.2) is 18.2 Å². The molecule has 0 saturated carbocycles. The largest absolute Gasteiger partial charge is 0.388 e. The van der Waals surface area contributed by atoms with E-state index < -0.39 is 0 Å². The molecule has 0 aliphatic rings. The van der Waals surface area contributed by atoms with E-state index in [0.29, 0.717) is 5.82 Å². The number of rotatable bonds is 2. The van der Waals surface area contributed by atoms with E-state index in [1.165, 1.54) is 0 Å². The summed E-state index contributed by atoms with van der Waals surface area (Å²) >= 11 is 5.96. The van der Waals surface area contributed by atoms with Gasteiger partial charge in [0.2, 0.25) is 0 Å². The van der Waals surface area contributed by atoms with Crippen molar-refractivity contribution in [1.29, 1.82) is 0 Å². The van der Waals surface area contributed by atoms with Crippen molar-refractivity contribution in [3.63, 3.8) is 0 Å². The van der Waals surface area contributed by atoms with Crippen LogP contribution in [0.2, 0.25) is 5.02 Å². The van der Waals surface area contributed by atoms with Gasteiger partial charge in [-0.3, -0.25) is 0 Å². The van der Waals surface area contributed by atoms with Crippen molar-refractivity contribution in [1.82, 2.24) is 14.8 Å². The number of aryl methyl sites for hydroxylation is 1. The van der Waals surface area contributed by atoms with Crippen molar-refractivity contribution >= 4 is 11.6 Å². The SMILES string of the molecule is Cc1cc(-c2nnc(CO)n2C)ccc1Cl. The lowest BCUT2D eigenvalue weighted by Crippen LogP contribution is -1.99. The van der Waals surface area contributed by atoms with Crippen molar-refractivity contribution in [2.75, 3.05) is 0 Å². The summed E-state index contributed by atoms with van der Waals surface area (Å²) in [4.78, 5) is 0. The number of hydrogen-bond acceptors (Lipinski definition) is 3. The Morgan fingerprint density at radius 2 is 2.12 bits per heavy atom. The van der Waals surface area contributed by atoms with Crippen LogP contribution in [-0.2, 0) is 13.7 Å². The number of aromatic nitrogens is 3. The van der Waals surface area contributed by atoms with E-state index in [-0.39, 0.29) is 6.61 Å². The second-order valence-corrected chi connectivity index (χ2v) is 4.03. The summed E-state index contributed by atoms with van der Waals surface area (Å²) in [7, 11) is 1.82. The second kappa shape index (κ2) is 4.23. The molecule has 5 heteroatoms. The summed E-state index contributed by atoms with van der Waals surface area (Å²) in [6, 6.07) is 5.67. The van der Waals surface area contributed by atoms with Crippen molar-refractivity contribution in [3.05, 3.63) is 34.6 Å². The predicted octanol–water partition coefficient (Wildman–Crippen LogP) is 1.94. The van der Waals surface area contributed by atoms with E-state index in [0.717, 1.165) is 22.0 Å². The minimum Gasteiger partial charge on any atom is -0.388 e. The summed E-state index contributed by atoms with van der Waals surface area (Å²) < 4.78 is 1.77. The fourth-order valence-corrected chi connectivity index (χ4v) is 1.65. The van der Waals surface area contributed by atoms with Gasteiger partial charge in [0, 0.05) is 17.6 Å². The average molecular weight is 238 g/mol. The van der Waals surface area contributed by atoms with E-state index in [2.05, 4.69) is 10.2 Å². The standard InChI is InChI=1S/C11H12ClN3O/c1-7-5-8(3-4-9(7)12)11-14-13-10(6-16)15(11)2/h3-5,16H,6H2,1-2H3. The molecule has 0 amide bonds. The summed E-state index contributed by atoms with van der Waals surface area (Å²) in [6.07, 6.45) is 0. The van der Waals surface area contributed by atoms with Crippen LogP contribution in [0.1, 0.15) is 11.4 Å². The zero-order valence-corrected chi connectivity index (χ0v) is 9.86. The van der Waals surface area contributed by atoms with Gasteiger partial charge in [0.25, 0.3) is 0 Å². The lowest BCUT2D eigenvalue weighted by molar-refractivity contribution is 0.267. The minimum absolute atomic E-state index is 0.115. The van der Waals surface area contributed by atoms with E-state index in [4.69, 9.17) is 16.7 Å². The van der Waals surface area contributed by atoms with Crippen LogP contribution in [0.3, 0.4) is 0 Å². The zero-order valence-electron chi connectivity index (χ0n) is 9.11. The Labute approximate surface area is 98.5 Å². The zero-order chi connectivity index (χ0) is 11.7. The molecule has 0 atom stereocenters. The molecule has 0 radical (unpaired) electrons. The summed E-state index contributed by atoms with van der Waals surface area (Å²) in [5.41, 5.74) is 1.93. The molecular weight excluding hydrogens is 226 g/mol. The fourth-order valence-electron chi connectivity index (χ4n) is 1.53. The maximum absolute atomic E-state index is 9.03. The van der Waals surface area contributed by atoms with E-state index in [1.54, 1.807) is 4.57 Å². The van der Waals surface area contributed by atoms with Gasteiger partial charge >= 0.3 is 0 Å². The van der Waals surface area contributed by atoms with Gasteiger partial charge < -0.3 is 9.67 Å². The van der Waals surface area contributed by atoms with Crippen LogP contribution in [0.5, 0.6) is 0 Å². The first kappa shape index (κ1) is 11.1. The van der Waals surface area contributed by atoms with Gasteiger partial charge in [0.1, 0.15) is 6.61 Å². The molecule has 0 aliphatic heterocycles. The third kappa shape index (κ3) is 1.81. The highest BCUT2D eigenvalue weighted by Crippen LogP contribution is 2.23. The Morgan fingerprint density at radius 1 is 1.38 bits per heavy atom. The van der Waals surface area contributed by atoms with Gasteiger partial charge in [-0.05, 0) is 30.7 Å². The molecule has 4 nitrogen and oxygen atoms in total. The Hall–Kier alpha value is -1.39. The van der Waals surface area contributed by atoms with Gasteiger partial charge in [-0.1, -0.05) is 11.6 Å². The van der Waals surface area contributed by atoms with Gasteiger partial charge in [-0.25, -0.2) is 0 Å². The molecule has 16 heavy (non-hydrogen) atoms. The molecule has 1 aromatic heterocycles. The van der Waals surface area contributed by atoms with Crippen LogP contribution in [0.25, 0.3) is 11.4 Å². The van der Waals surface area contributed by atoms with Crippen molar-refractivity contribution in [3.8, 4) is 11.4 Å². The fraction of sp³-hybridized carbons (Fsp3) is 0.273. The van der Waals surface area contributed by atoms with Gasteiger partial charge in [0.15, 0.2) is 11.6 Å². The quantitative estimate of drug-likeness (QED) is 0.869. The van der Waals surface area contributed by atoms with Crippen LogP contribution >= 0.6 is 11.6 Å². The molecule has 1 N–H and O–H groups in total. The lowest BCUT2D eigenvalue weighted by atomic mass is 10.1. The third-order valence-electron chi connectivity index (χ3n) is 2.52. The maximum atomic E-state index is 9.03. The molecule has 0 aliphatic carbocycles. The smallest absolute Gasteiger partial charge is 0.163 e. The number of benzene rings is 1. The Kier molecular flexibility index (Phi) is 2.94. The Bertz CT molecular complexity index is 522. The van der Waals surface area contributed by atoms with Gasteiger partial charge in [-0.2, -0.15) is 0 Å². The number of halogens is 1. The van der Waals surface area contributed by atoms with Crippen LogP contribution < -0.4 is 0 Å². The van der Waals surface area contributed by atoms with Crippen molar-refractivity contribution in [2.24, 2.45) is 7.05 Å². The van der Waals surface area contributed by atoms with Gasteiger partial charge in [0.05, 0.1) is 0 Å². The van der Waals surface area contributed by atoms with E-state index in [9.17, 15) is 0 Å². The summed E-state index contributed by atoms with van der Waals surface area (Å²) in [6.45, 7) is 1.82. The molecule has 0 unspecified atom stereocenters. The number of nitrogens with zero attached hydrogens (tertiary/aromatic N) is 3. The van der Waals surface area contributed by atoms with E-state index >= 15 is 0 Å². The predicted molar refractivity (Wildman–Crippen MR) is 62.1 cm³/mol. The van der Waals surface area contributed by atoms with E-state index in [1.807, 2.05) is 32.2 Å². The molecule has 0 saturated heterocycles. The Morgan fingerprint density at radius 3 is 2.69 bits per heavy atom. The first-order valence-corrected chi connectivity index (χ1v) is 5.27. The van der Waals surface area contributed by atoms with Crippen LogP contribution in [0.4, 0.5) is 0 Å². The molecule has 1 aromatic carbocycles. The monoisotopic (exact) mass is 237 g/mol. The molecule has 1 heterocycles. The first-order chi connectivity index (χ1) is 7.63. The van der Waals surface area contributed by atoms with Crippen molar-refractivity contribution < 1.29 is 5.11 Å². The minimum atomic E-state index is -0.115. The average Bonchev–Trinajstić information content (AvgIpc) is 2.64. The molecule has 0 spiro atoms. The maximum Gasteiger partial charge on any atom is 0.163 e. The normalized spacial score (nSPS) is 10.8. The highest BCUT2D eigenvalue weighted by Gasteiger charge is 2.10. The highest BCUT2D eigenvalue weighted by atomic mass is 35.5.